The van der Waals surface area contributed by atoms with Crippen LogP contribution >= 0.6 is 11.8 Å². The summed E-state index contributed by atoms with van der Waals surface area (Å²) in [6.07, 6.45) is 0.785. The second-order valence-electron chi connectivity index (χ2n) is 3.34. The van der Waals surface area contributed by atoms with Crippen molar-refractivity contribution in [2.45, 2.75) is 18.3 Å². The fourth-order valence-corrected chi connectivity index (χ4v) is 3.00. The van der Waals surface area contributed by atoms with E-state index in [2.05, 4.69) is 0 Å². The fourth-order valence-electron chi connectivity index (χ4n) is 1.65. The number of likely N-dealkylation sites (tertiary alicyclic amines) is 1. The van der Waals surface area contributed by atoms with Gasteiger partial charge in [0.15, 0.2) is 0 Å². The summed E-state index contributed by atoms with van der Waals surface area (Å²) in [5.41, 5.74) is -0.0394. The van der Waals surface area contributed by atoms with E-state index in [-0.39, 0.29) is 46.9 Å². The average molecular weight is 224 g/mol. The quantitative estimate of drug-likeness (QED) is 0.442. The molecular weight excluding hydrogens is 211 g/mol. The zero-order valence-electron chi connectivity index (χ0n) is 7.52. The van der Waals surface area contributed by atoms with Gasteiger partial charge >= 0.3 is 29.6 Å². The van der Waals surface area contributed by atoms with E-state index < -0.39 is 0 Å². The molecule has 1 atom stereocenters. The van der Waals surface area contributed by atoms with Crippen molar-refractivity contribution in [3.05, 3.63) is 0 Å². The van der Waals surface area contributed by atoms with Crippen LogP contribution in [0.2, 0.25) is 0 Å². The minimum atomic E-state index is -0.0394. The summed E-state index contributed by atoms with van der Waals surface area (Å²) in [5, 5.41) is 0. The van der Waals surface area contributed by atoms with Crippen molar-refractivity contribution in [2.24, 2.45) is 0 Å². The van der Waals surface area contributed by atoms with Gasteiger partial charge in [0.2, 0.25) is 11.8 Å². The van der Waals surface area contributed by atoms with Crippen LogP contribution in [0.1, 0.15) is 12.8 Å². The molecule has 74 valence electrons. The molecule has 0 radical (unpaired) electrons. The normalized spacial score (nSPS) is 28.4. The first kappa shape index (κ1) is 12.5. The molecule has 14 heavy (non-hydrogen) atoms. The third-order valence-corrected chi connectivity index (χ3v) is 3.69. The van der Waals surface area contributed by atoms with E-state index >= 15 is 0 Å². The monoisotopic (exact) mass is 224 g/mol. The van der Waals surface area contributed by atoms with Crippen LogP contribution in [0, 0.1) is 0 Å². The molecule has 2 fully saturated rings. The van der Waals surface area contributed by atoms with E-state index in [1.54, 1.807) is 11.8 Å². The number of hydrogen-bond acceptors (Lipinski definition) is 4. The van der Waals surface area contributed by atoms with Crippen molar-refractivity contribution in [1.82, 2.24) is 9.80 Å². The van der Waals surface area contributed by atoms with Crippen LogP contribution in [-0.2, 0) is 9.59 Å². The van der Waals surface area contributed by atoms with Gasteiger partial charge in [0.1, 0.15) is 5.50 Å². The Morgan fingerprint density at radius 2 is 1.86 bits per heavy atom. The Morgan fingerprint density at radius 1 is 1.29 bits per heavy atom. The van der Waals surface area contributed by atoms with Gasteiger partial charge in [-0.1, -0.05) is 0 Å². The molecule has 0 saturated carbocycles. The van der Waals surface area contributed by atoms with Gasteiger partial charge in [-0.15, -0.1) is 11.8 Å². The first-order chi connectivity index (χ1) is 6.20. The van der Waals surface area contributed by atoms with Crippen LogP contribution in [0.5, 0.6) is 0 Å². The maximum atomic E-state index is 11.4. The number of carbonyl (C=O) groups excluding carboxylic acids is 2. The third-order valence-electron chi connectivity index (χ3n) is 2.40. The summed E-state index contributed by atoms with van der Waals surface area (Å²) in [5.74, 6) is 0.964. The minimum absolute atomic E-state index is 0. The van der Waals surface area contributed by atoms with Gasteiger partial charge in [-0.25, -0.2) is 0 Å². The van der Waals surface area contributed by atoms with Crippen molar-refractivity contribution >= 4 is 53.1 Å². The number of nitrogens with zero attached hydrogens (tertiary/aromatic N) is 2. The van der Waals surface area contributed by atoms with E-state index in [0.717, 1.165) is 12.3 Å². The van der Waals surface area contributed by atoms with Crippen LogP contribution in [0.25, 0.3) is 0 Å². The topological polar surface area (TPSA) is 40.6 Å². The molecule has 2 aliphatic rings. The van der Waals surface area contributed by atoms with E-state index in [4.69, 9.17) is 0 Å². The SMILES string of the molecule is CN1CCSC1N1C(=O)CCC1=O.[NaH]. The average Bonchev–Trinajstić information content (AvgIpc) is 2.60. The van der Waals surface area contributed by atoms with Gasteiger partial charge in [-0.3, -0.25) is 19.4 Å². The fraction of sp³-hybridized carbons (Fsp3) is 0.750. The molecule has 0 bridgehead atoms. The predicted octanol–water partition coefficient (Wildman–Crippen LogP) is -0.551. The number of hydrogen-bond donors (Lipinski definition) is 0. The molecule has 2 saturated heterocycles. The Balaban J connectivity index is 0.000000980. The maximum absolute atomic E-state index is 11.4. The van der Waals surface area contributed by atoms with E-state index in [1.165, 1.54) is 4.90 Å². The van der Waals surface area contributed by atoms with Crippen LogP contribution in [0.15, 0.2) is 0 Å². The van der Waals surface area contributed by atoms with E-state index in [0.29, 0.717) is 12.8 Å². The molecule has 0 spiro atoms. The van der Waals surface area contributed by atoms with Gasteiger partial charge in [0, 0.05) is 25.1 Å². The molecule has 1 unspecified atom stereocenters. The van der Waals surface area contributed by atoms with Crippen LogP contribution in [-0.4, -0.2) is 76.0 Å². The number of rotatable bonds is 1. The predicted molar refractivity (Wildman–Crippen MR) is 57.1 cm³/mol. The molecule has 2 aliphatic heterocycles. The van der Waals surface area contributed by atoms with Gasteiger partial charge < -0.3 is 0 Å². The first-order valence-corrected chi connectivity index (χ1v) is 5.42. The van der Waals surface area contributed by atoms with Gasteiger partial charge in [0.25, 0.3) is 0 Å². The Kier molecular flexibility index (Phi) is 4.46. The van der Waals surface area contributed by atoms with Crippen LogP contribution in [0.4, 0.5) is 0 Å². The summed E-state index contributed by atoms with van der Waals surface area (Å²) in [6.45, 7) is 0.951. The Labute approximate surface area is 110 Å². The van der Waals surface area contributed by atoms with Crippen molar-refractivity contribution < 1.29 is 9.59 Å². The van der Waals surface area contributed by atoms with E-state index in [9.17, 15) is 9.59 Å². The molecular formula is C8H13N2NaO2S. The zero-order chi connectivity index (χ0) is 9.42. The zero-order valence-corrected chi connectivity index (χ0v) is 8.34. The standard InChI is InChI=1S/C8H12N2O2S.Na.H/c1-9-4-5-13-8(9)10-6(11)2-3-7(10)12;;/h8H,2-5H2,1H3;;. The summed E-state index contributed by atoms with van der Waals surface area (Å²) < 4.78 is 0. The molecule has 2 rings (SSSR count). The molecule has 4 nitrogen and oxygen atoms in total. The van der Waals surface area contributed by atoms with Crippen molar-refractivity contribution in [3.63, 3.8) is 0 Å². The molecule has 0 aliphatic carbocycles. The second-order valence-corrected chi connectivity index (χ2v) is 4.50. The van der Waals surface area contributed by atoms with Crippen molar-refractivity contribution in [2.75, 3.05) is 19.3 Å². The summed E-state index contributed by atoms with van der Waals surface area (Å²) >= 11 is 1.67. The molecule has 6 heteroatoms. The third kappa shape index (κ3) is 2.17. The molecule has 0 aromatic rings. The molecule has 0 N–H and O–H groups in total. The van der Waals surface area contributed by atoms with Gasteiger partial charge in [0.05, 0.1) is 0 Å². The first-order valence-electron chi connectivity index (χ1n) is 4.37. The van der Waals surface area contributed by atoms with Crippen LogP contribution < -0.4 is 0 Å². The van der Waals surface area contributed by atoms with Crippen LogP contribution in [0.3, 0.4) is 0 Å². The van der Waals surface area contributed by atoms with Gasteiger partial charge in [-0.05, 0) is 7.05 Å². The van der Waals surface area contributed by atoms with Gasteiger partial charge in [-0.2, -0.15) is 0 Å². The summed E-state index contributed by atoms with van der Waals surface area (Å²) in [7, 11) is 1.95. The molecule has 2 amide bonds. The summed E-state index contributed by atoms with van der Waals surface area (Å²) in [4.78, 5) is 26.2. The number of amides is 2. The van der Waals surface area contributed by atoms with Crippen molar-refractivity contribution in [3.8, 4) is 0 Å². The Morgan fingerprint density at radius 3 is 2.29 bits per heavy atom. The Hall–Kier alpha value is 0.450. The number of thioether (sulfide) groups is 1. The molecule has 2 heterocycles. The number of carbonyl (C=O) groups is 2. The molecule has 0 aromatic carbocycles. The Bertz CT molecular complexity index is 246. The summed E-state index contributed by atoms with van der Waals surface area (Å²) in [6, 6.07) is 0. The number of imide groups is 1. The van der Waals surface area contributed by atoms with E-state index in [1.807, 2.05) is 11.9 Å². The van der Waals surface area contributed by atoms with Crippen molar-refractivity contribution in [1.29, 1.82) is 0 Å². The molecule has 0 aromatic heterocycles. The second kappa shape index (κ2) is 4.99.